The zero-order valence-electron chi connectivity index (χ0n) is 17.8. The van der Waals surface area contributed by atoms with Crippen molar-refractivity contribution in [2.45, 2.75) is 51.4 Å². The number of cyclic esters (lactones) is 2. The van der Waals surface area contributed by atoms with Crippen molar-refractivity contribution in [2.24, 2.45) is 11.3 Å². The van der Waals surface area contributed by atoms with Crippen molar-refractivity contribution < 1.29 is 19.1 Å². The lowest BCUT2D eigenvalue weighted by molar-refractivity contribution is -0.253. The van der Waals surface area contributed by atoms with E-state index in [-0.39, 0.29) is 12.5 Å². The van der Waals surface area contributed by atoms with Crippen LogP contribution in [-0.4, -0.2) is 30.3 Å². The molecule has 2 saturated heterocycles. The summed E-state index contributed by atoms with van der Waals surface area (Å²) in [4.78, 5) is 29.0. The van der Waals surface area contributed by atoms with Gasteiger partial charge in [0.1, 0.15) is 0 Å². The Balaban J connectivity index is 1.55. The number of piperidine rings is 1. The summed E-state index contributed by atoms with van der Waals surface area (Å²) in [7, 11) is 0. The smallest absolute Gasteiger partial charge is 0.329 e. The van der Waals surface area contributed by atoms with Gasteiger partial charge in [0.05, 0.1) is 6.04 Å². The minimum Gasteiger partial charge on any atom is -0.422 e. The summed E-state index contributed by atoms with van der Waals surface area (Å²) in [6.07, 6.45) is 2.88. The Morgan fingerprint density at radius 2 is 1.77 bits per heavy atom. The number of nitrogens with zero attached hydrogens (tertiary/aromatic N) is 1. The van der Waals surface area contributed by atoms with Crippen molar-refractivity contribution in [3.63, 3.8) is 0 Å². The van der Waals surface area contributed by atoms with Crippen LogP contribution in [-0.2, 0) is 31.9 Å². The fraction of sp³-hybridized carbons (Fsp3) is 0.440. The zero-order valence-corrected chi connectivity index (χ0v) is 18.5. The zero-order chi connectivity index (χ0) is 21.8. The molecule has 3 aliphatic rings. The minimum absolute atomic E-state index is 0.270. The molecule has 5 rings (SSSR count). The van der Waals surface area contributed by atoms with Gasteiger partial charge in [-0.2, -0.15) is 0 Å². The Morgan fingerprint density at radius 1 is 1.06 bits per heavy atom. The van der Waals surface area contributed by atoms with Crippen LogP contribution in [0.5, 0.6) is 0 Å². The van der Waals surface area contributed by atoms with Gasteiger partial charge in [-0.3, -0.25) is 9.59 Å². The standard InChI is InChI=1S/C25H26ClNO4/c1-24(2)30-22(28)25(23(29)31-24)15-18-8-9-19(26)14-20(18)27-11-10-17(13-21(25)27)12-16-6-4-3-5-7-16/h3-9,14,17,21H,10-13,15H2,1-2H3. The number of benzene rings is 2. The van der Waals surface area contributed by atoms with E-state index in [0.29, 0.717) is 17.4 Å². The third-order valence-corrected chi connectivity index (χ3v) is 7.11. The quantitative estimate of drug-likeness (QED) is 0.507. The highest BCUT2D eigenvalue weighted by molar-refractivity contribution is 6.30. The van der Waals surface area contributed by atoms with Crippen LogP contribution in [0, 0.1) is 11.3 Å². The Morgan fingerprint density at radius 3 is 2.48 bits per heavy atom. The molecule has 1 spiro atoms. The van der Waals surface area contributed by atoms with Gasteiger partial charge in [-0.15, -0.1) is 0 Å². The van der Waals surface area contributed by atoms with E-state index in [9.17, 15) is 9.59 Å². The van der Waals surface area contributed by atoms with Crippen molar-refractivity contribution in [1.82, 2.24) is 0 Å². The van der Waals surface area contributed by atoms with Crippen LogP contribution in [0.4, 0.5) is 5.69 Å². The van der Waals surface area contributed by atoms with E-state index in [1.165, 1.54) is 5.56 Å². The molecule has 0 radical (unpaired) electrons. The molecule has 0 bridgehead atoms. The molecule has 0 amide bonds. The fourth-order valence-electron chi connectivity index (χ4n) is 5.45. The number of hydrogen-bond acceptors (Lipinski definition) is 5. The molecular weight excluding hydrogens is 414 g/mol. The van der Waals surface area contributed by atoms with Gasteiger partial charge in [-0.1, -0.05) is 48.0 Å². The number of ether oxygens (including phenoxy) is 2. The highest BCUT2D eigenvalue weighted by Gasteiger charge is 2.64. The Kier molecular flexibility index (Phi) is 4.78. The maximum absolute atomic E-state index is 13.4. The second-order valence-corrected chi connectivity index (χ2v) is 9.83. The first-order valence-electron chi connectivity index (χ1n) is 10.8. The van der Waals surface area contributed by atoms with E-state index >= 15 is 0 Å². The van der Waals surface area contributed by atoms with Crippen LogP contribution in [0.3, 0.4) is 0 Å². The van der Waals surface area contributed by atoms with Gasteiger partial charge >= 0.3 is 11.9 Å². The topological polar surface area (TPSA) is 55.8 Å². The first-order valence-corrected chi connectivity index (χ1v) is 11.2. The molecule has 2 unspecified atom stereocenters. The average Bonchev–Trinajstić information content (AvgIpc) is 2.72. The Bertz CT molecular complexity index is 1020. The van der Waals surface area contributed by atoms with Crippen LogP contribution in [0.25, 0.3) is 0 Å². The molecule has 0 aliphatic carbocycles. The van der Waals surface area contributed by atoms with Crippen molar-refractivity contribution in [2.75, 3.05) is 11.4 Å². The predicted octanol–water partition coefficient (Wildman–Crippen LogP) is 4.55. The van der Waals surface area contributed by atoms with Gasteiger partial charge in [0.25, 0.3) is 5.79 Å². The lowest BCUT2D eigenvalue weighted by atomic mass is 9.65. The number of halogens is 1. The van der Waals surface area contributed by atoms with Gasteiger partial charge in [0.15, 0.2) is 5.41 Å². The molecule has 3 aliphatic heterocycles. The van der Waals surface area contributed by atoms with Crippen LogP contribution in [0.15, 0.2) is 48.5 Å². The van der Waals surface area contributed by atoms with Crippen molar-refractivity contribution in [3.8, 4) is 0 Å². The van der Waals surface area contributed by atoms with E-state index in [0.717, 1.165) is 30.6 Å². The molecule has 2 fully saturated rings. The third kappa shape index (κ3) is 3.39. The number of rotatable bonds is 2. The number of carbonyl (C=O) groups is 2. The number of esters is 2. The van der Waals surface area contributed by atoms with E-state index in [1.54, 1.807) is 19.9 Å². The molecule has 0 N–H and O–H groups in total. The summed E-state index contributed by atoms with van der Waals surface area (Å²) in [6, 6.07) is 15.7. The molecule has 5 nitrogen and oxygen atoms in total. The van der Waals surface area contributed by atoms with Crippen molar-refractivity contribution in [3.05, 3.63) is 64.7 Å². The average molecular weight is 440 g/mol. The highest BCUT2D eigenvalue weighted by atomic mass is 35.5. The largest absolute Gasteiger partial charge is 0.422 e. The summed E-state index contributed by atoms with van der Waals surface area (Å²) in [5.41, 5.74) is 1.85. The first kappa shape index (κ1) is 20.4. The molecule has 2 atom stereocenters. The molecule has 6 heteroatoms. The lowest BCUT2D eigenvalue weighted by Crippen LogP contribution is -2.67. The fourth-order valence-corrected chi connectivity index (χ4v) is 5.61. The molecule has 162 valence electrons. The van der Waals surface area contributed by atoms with Gasteiger partial charge < -0.3 is 14.4 Å². The van der Waals surface area contributed by atoms with Crippen LogP contribution in [0.1, 0.15) is 37.8 Å². The van der Waals surface area contributed by atoms with E-state index in [2.05, 4.69) is 17.0 Å². The van der Waals surface area contributed by atoms with Crippen molar-refractivity contribution in [1.29, 1.82) is 0 Å². The second-order valence-electron chi connectivity index (χ2n) is 9.39. The summed E-state index contributed by atoms with van der Waals surface area (Å²) in [5.74, 6) is -1.85. The SMILES string of the molecule is CC1(C)OC(=O)C2(Cc3ccc(Cl)cc3N3CCC(Cc4ccccc4)CC32)C(=O)O1. The number of anilines is 1. The Labute approximate surface area is 187 Å². The van der Waals surface area contributed by atoms with E-state index in [4.69, 9.17) is 21.1 Å². The number of carbonyl (C=O) groups excluding carboxylic acids is 2. The van der Waals surface area contributed by atoms with Crippen LogP contribution >= 0.6 is 11.6 Å². The van der Waals surface area contributed by atoms with Gasteiger partial charge in [0, 0.05) is 37.5 Å². The minimum atomic E-state index is -1.36. The Hall–Kier alpha value is -2.53. The molecule has 31 heavy (non-hydrogen) atoms. The van der Waals surface area contributed by atoms with Gasteiger partial charge in [-0.25, -0.2) is 0 Å². The molecule has 0 saturated carbocycles. The maximum Gasteiger partial charge on any atom is 0.329 e. The monoisotopic (exact) mass is 439 g/mol. The second kappa shape index (κ2) is 7.27. The summed E-state index contributed by atoms with van der Waals surface area (Å²) in [5, 5.41) is 0.648. The maximum atomic E-state index is 13.4. The molecule has 2 aromatic carbocycles. The normalized spacial score (nSPS) is 26.0. The van der Waals surface area contributed by atoms with Crippen LogP contribution in [0.2, 0.25) is 5.02 Å². The molecule has 3 heterocycles. The van der Waals surface area contributed by atoms with Crippen LogP contribution < -0.4 is 4.90 Å². The summed E-state index contributed by atoms with van der Waals surface area (Å²) in [6.45, 7) is 3.95. The van der Waals surface area contributed by atoms with E-state index < -0.39 is 23.1 Å². The molecule has 0 aromatic heterocycles. The molecular formula is C25H26ClNO4. The van der Waals surface area contributed by atoms with Gasteiger partial charge in [0.2, 0.25) is 0 Å². The first-order chi connectivity index (χ1) is 14.8. The highest BCUT2D eigenvalue weighted by Crippen LogP contribution is 2.51. The van der Waals surface area contributed by atoms with E-state index in [1.807, 2.05) is 30.3 Å². The van der Waals surface area contributed by atoms with Crippen molar-refractivity contribution >= 4 is 29.2 Å². The lowest BCUT2D eigenvalue weighted by Gasteiger charge is -2.54. The molecule has 2 aromatic rings. The third-order valence-electron chi connectivity index (χ3n) is 6.88. The number of hydrogen-bond donors (Lipinski definition) is 0. The summed E-state index contributed by atoms with van der Waals surface area (Å²) < 4.78 is 11.3. The number of fused-ring (bicyclic) bond motifs is 4. The summed E-state index contributed by atoms with van der Waals surface area (Å²) >= 11 is 6.31. The van der Waals surface area contributed by atoms with Gasteiger partial charge in [-0.05, 0) is 48.4 Å². The predicted molar refractivity (Wildman–Crippen MR) is 118 cm³/mol.